The van der Waals surface area contributed by atoms with Crippen LogP contribution in [0.3, 0.4) is 0 Å². The fourth-order valence-corrected chi connectivity index (χ4v) is 3.32. The number of benzene rings is 2. The van der Waals surface area contributed by atoms with Gasteiger partial charge in [-0.3, -0.25) is 4.79 Å². The minimum atomic E-state index is -0.984. The number of primary amides is 1. The smallest absolute Gasteiger partial charge is 0.329 e. The summed E-state index contributed by atoms with van der Waals surface area (Å²) in [5.74, 6) is -0.738. The number of carbonyl (C=O) groups excluding carboxylic acids is 3. The first-order valence-corrected chi connectivity index (χ1v) is 10.4. The van der Waals surface area contributed by atoms with E-state index < -0.39 is 30.6 Å². The summed E-state index contributed by atoms with van der Waals surface area (Å²) in [5.41, 5.74) is 8.81. The maximum absolute atomic E-state index is 12.6. The fraction of sp³-hybridized carbons (Fsp3) is 0.375. The van der Waals surface area contributed by atoms with E-state index in [-0.39, 0.29) is 18.3 Å². The van der Waals surface area contributed by atoms with E-state index in [0.29, 0.717) is 0 Å². The third-order valence-electron chi connectivity index (χ3n) is 4.87. The van der Waals surface area contributed by atoms with Crippen molar-refractivity contribution >= 4 is 23.6 Å². The van der Waals surface area contributed by atoms with Crippen LogP contribution in [-0.4, -0.2) is 30.6 Å². The van der Waals surface area contributed by atoms with E-state index in [2.05, 4.69) is 38.3 Å². The minimum Gasteiger partial charge on any atom is -0.454 e. The van der Waals surface area contributed by atoms with Crippen LogP contribution in [0.1, 0.15) is 56.2 Å². The normalized spacial score (nSPS) is 11.8. The molecule has 166 valence electrons. The predicted octanol–water partition coefficient (Wildman–Crippen LogP) is 3.69. The molecule has 0 unspecified atom stereocenters. The number of urea groups is 1. The van der Waals surface area contributed by atoms with Crippen LogP contribution in [0.2, 0.25) is 0 Å². The number of rotatable bonds is 9. The quantitative estimate of drug-likeness (QED) is 0.532. The molecule has 2 aromatic rings. The third kappa shape index (κ3) is 7.13. The van der Waals surface area contributed by atoms with Crippen molar-refractivity contribution in [3.8, 4) is 0 Å². The molecule has 0 spiro atoms. The minimum absolute atomic E-state index is 0.206. The van der Waals surface area contributed by atoms with Crippen LogP contribution in [0.15, 0.2) is 48.5 Å². The number of para-hydroxylation sites is 1. The number of esters is 1. The number of nitrogens with one attached hydrogen (secondary N) is 2. The largest absolute Gasteiger partial charge is 0.454 e. The standard InChI is InChI=1S/C24H31N3O4/c1-15(2)18-11-8-12-19(16(3)4)22(18)27-21(28)14-31-23(29)20(26-24(25)30)13-17-9-6-5-7-10-17/h5-12,15-16,20H,13-14H2,1-4H3,(H,27,28)(H3,25,26,30)/t20-/m0/s1. The van der Waals surface area contributed by atoms with E-state index in [9.17, 15) is 14.4 Å². The Hall–Kier alpha value is -3.35. The van der Waals surface area contributed by atoms with Crippen molar-refractivity contribution in [2.45, 2.75) is 52.0 Å². The highest BCUT2D eigenvalue weighted by Crippen LogP contribution is 2.32. The molecular formula is C24H31N3O4. The van der Waals surface area contributed by atoms with Crippen molar-refractivity contribution in [1.29, 1.82) is 0 Å². The summed E-state index contributed by atoms with van der Waals surface area (Å²) in [5, 5.41) is 5.28. The van der Waals surface area contributed by atoms with Crippen LogP contribution in [0.4, 0.5) is 10.5 Å². The molecule has 0 bridgehead atoms. The number of anilines is 1. The third-order valence-corrected chi connectivity index (χ3v) is 4.87. The van der Waals surface area contributed by atoms with Gasteiger partial charge in [0.05, 0.1) is 0 Å². The predicted molar refractivity (Wildman–Crippen MR) is 121 cm³/mol. The van der Waals surface area contributed by atoms with Crippen molar-refractivity contribution in [2.24, 2.45) is 5.73 Å². The Bertz CT molecular complexity index is 884. The molecule has 0 heterocycles. The second-order valence-electron chi connectivity index (χ2n) is 8.03. The van der Waals surface area contributed by atoms with Crippen LogP contribution in [0.25, 0.3) is 0 Å². The average Bonchev–Trinajstić information content (AvgIpc) is 2.71. The zero-order chi connectivity index (χ0) is 23.0. The van der Waals surface area contributed by atoms with E-state index in [1.54, 1.807) is 0 Å². The lowest BCUT2D eigenvalue weighted by atomic mass is 9.92. The molecule has 0 saturated heterocycles. The van der Waals surface area contributed by atoms with Gasteiger partial charge in [0.1, 0.15) is 6.04 Å². The number of carbonyl (C=O) groups is 3. The second-order valence-corrected chi connectivity index (χ2v) is 8.03. The highest BCUT2D eigenvalue weighted by atomic mass is 16.5. The van der Waals surface area contributed by atoms with Gasteiger partial charge in [0, 0.05) is 12.1 Å². The number of amides is 3. The van der Waals surface area contributed by atoms with E-state index in [1.807, 2.05) is 48.5 Å². The Morgan fingerprint density at radius 3 is 2.00 bits per heavy atom. The van der Waals surface area contributed by atoms with Crippen molar-refractivity contribution in [3.05, 3.63) is 65.2 Å². The summed E-state index contributed by atoms with van der Waals surface area (Å²) in [6, 6.07) is 13.3. The zero-order valence-corrected chi connectivity index (χ0v) is 18.5. The van der Waals surface area contributed by atoms with Gasteiger partial charge in [-0.2, -0.15) is 0 Å². The van der Waals surface area contributed by atoms with Crippen molar-refractivity contribution in [2.75, 3.05) is 11.9 Å². The molecule has 2 rings (SSSR count). The van der Waals surface area contributed by atoms with E-state index >= 15 is 0 Å². The van der Waals surface area contributed by atoms with E-state index in [0.717, 1.165) is 22.4 Å². The van der Waals surface area contributed by atoms with Crippen molar-refractivity contribution in [1.82, 2.24) is 5.32 Å². The molecule has 1 atom stereocenters. The van der Waals surface area contributed by atoms with Gasteiger partial charge < -0.3 is 21.1 Å². The number of ether oxygens (including phenoxy) is 1. The van der Waals surface area contributed by atoms with Gasteiger partial charge in [-0.1, -0.05) is 76.2 Å². The first-order chi connectivity index (χ1) is 14.7. The van der Waals surface area contributed by atoms with Gasteiger partial charge in [-0.15, -0.1) is 0 Å². The van der Waals surface area contributed by atoms with E-state index in [1.165, 1.54) is 0 Å². The number of hydrogen-bond acceptors (Lipinski definition) is 4. The molecule has 0 aromatic heterocycles. The van der Waals surface area contributed by atoms with Crippen LogP contribution in [-0.2, 0) is 20.7 Å². The summed E-state index contributed by atoms with van der Waals surface area (Å²) in [6.45, 7) is 7.75. The average molecular weight is 426 g/mol. The first-order valence-electron chi connectivity index (χ1n) is 10.4. The summed E-state index contributed by atoms with van der Waals surface area (Å²) < 4.78 is 5.19. The van der Waals surface area contributed by atoms with Crippen molar-refractivity contribution in [3.63, 3.8) is 0 Å². The lowest BCUT2D eigenvalue weighted by molar-refractivity contribution is -0.149. The van der Waals surface area contributed by atoms with Gasteiger partial charge in [0.15, 0.2) is 6.61 Å². The molecule has 0 aliphatic heterocycles. The molecule has 7 nitrogen and oxygen atoms in total. The molecule has 0 aliphatic rings. The van der Waals surface area contributed by atoms with Gasteiger partial charge in [0.2, 0.25) is 0 Å². The monoisotopic (exact) mass is 425 g/mol. The molecule has 7 heteroatoms. The maximum Gasteiger partial charge on any atom is 0.329 e. The lowest BCUT2D eigenvalue weighted by Gasteiger charge is -2.20. The first kappa shape index (κ1) is 23.9. The Morgan fingerprint density at radius 2 is 1.48 bits per heavy atom. The van der Waals surface area contributed by atoms with E-state index in [4.69, 9.17) is 10.5 Å². The van der Waals surface area contributed by atoms with Crippen LogP contribution in [0, 0.1) is 0 Å². The summed E-state index contributed by atoms with van der Waals surface area (Å²) in [7, 11) is 0. The van der Waals surface area contributed by atoms with Gasteiger partial charge >= 0.3 is 12.0 Å². The molecule has 2 aromatic carbocycles. The summed E-state index contributed by atoms with van der Waals surface area (Å²) in [4.78, 5) is 36.4. The molecule has 4 N–H and O–H groups in total. The SMILES string of the molecule is CC(C)c1cccc(C(C)C)c1NC(=O)COC(=O)[C@H](Cc1ccccc1)NC(N)=O. The number of hydrogen-bond donors (Lipinski definition) is 3. The van der Waals surface area contributed by atoms with Crippen LogP contribution < -0.4 is 16.4 Å². The topological polar surface area (TPSA) is 111 Å². The Labute approximate surface area is 183 Å². The molecule has 31 heavy (non-hydrogen) atoms. The molecule has 0 saturated carbocycles. The highest BCUT2D eigenvalue weighted by molar-refractivity contribution is 5.95. The highest BCUT2D eigenvalue weighted by Gasteiger charge is 2.23. The van der Waals surface area contributed by atoms with Crippen molar-refractivity contribution < 1.29 is 19.1 Å². The van der Waals surface area contributed by atoms with Crippen LogP contribution in [0.5, 0.6) is 0 Å². The lowest BCUT2D eigenvalue weighted by Crippen LogP contribution is -2.46. The summed E-state index contributed by atoms with van der Waals surface area (Å²) in [6.07, 6.45) is 0.206. The second kappa shape index (κ2) is 11.2. The van der Waals surface area contributed by atoms with Gasteiger partial charge in [-0.25, -0.2) is 9.59 Å². The summed E-state index contributed by atoms with van der Waals surface area (Å²) >= 11 is 0. The Morgan fingerprint density at radius 1 is 0.903 bits per heavy atom. The zero-order valence-electron chi connectivity index (χ0n) is 18.5. The fourth-order valence-electron chi connectivity index (χ4n) is 3.32. The van der Waals surface area contributed by atoms with Crippen LogP contribution >= 0.6 is 0 Å². The molecule has 0 radical (unpaired) electrons. The molecule has 3 amide bonds. The molecular weight excluding hydrogens is 394 g/mol. The number of nitrogens with two attached hydrogens (primary N) is 1. The Kier molecular flexibility index (Phi) is 8.61. The Balaban J connectivity index is 2.07. The maximum atomic E-state index is 12.6. The molecule has 0 fully saturated rings. The van der Waals surface area contributed by atoms with Gasteiger partial charge in [0.25, 0.3) is 5.91 Å². The van der Waals surface area contributed by atoms with Gasteiger partial charge in [-0.05, 0) is 28.5 Å². The molecule has 0 aliphatic carbocycles.